The molecule has 0 bridgehead atoms. The summed E-state index contributed by atoms with van der Waals surface area (Å²) in [6.07, 6.45) is 0. The molecule has 0 saturated heterocycles. The molecule has 4 nitrogen and oxygen atoms in total. The Labute approximate surface area is 124 Å². The van der Waals surface area contributed by atoms with Crippen LogP contribution < -0.4 is 9.62 Å². The Kier molecular flexibility index (Phi) is 4.59. The zero-order valence-corrected chi connectivity index (χ0v) is 12.7. The van der Waals surface area contributed by atoms with Gasteiger partial charge in [0, 0.05) is 13.6 Å². The maximum atomic E-state index is 12.9. The van der Waals surface area contributed by atoms with E-state index >= 15 is 0 Å². The van der Waals surface area contributed by atoms with E-state index in [4.69, 9.17) is 0 Å². The van der Waals surface area contributed by atoms with Crippen molar-refractivity contribution in [2.24, 2.45) is 0 Å². The predicted octanol–water partition coefficient (Wildman–Crippen LogP) is 2.37. The number of benzene rings is 2. The Morgan fingerprint density at radius 2 is 1.62 bits per heavy atom. The van der Waals surface area contributed by atoms with Gasteiger partial charge in [-0.25, -0.2) is 12.8 Å². The van der Waals surface area contributed by atoms with Crippen LogP contribution in [-0.4, -0.2) is 22.5 Å². The highest BCUT2D eigenvalue weighted by atomic mass is 32.2. The summed E-state index contributed by atoms with van der Waals surface area (Å²) in [6.45, 7) is 0.675. The largest absolute Gasteiger partial charge is 0.316 e. The van der Waals surface area contributed by atoms with Crippen molar-refractivity contribution in [2.75, 3.05) is 18.4 Å². The second-order valence-electron chi connectivity index (χ2n) is 4.62. The maximum Gasteiger partial charge on any atom is 0.264 e. The minimum atomic E-state index is -3.65. The van der Waals surface area contributed by atoms with Crippen molar-refractivity contribution in [1.29, 1.82) is 0 Å². The molecule has 2 rings (SSSR count). The Bertz CT molecular complexity index is 697. The summed E-state index contributed by atoms with van der Waals surface area (Å²) in [6, 6.07) is 12.0. The van der Waals surface area contributed by atoms with Crippen LogP contribution in [0.25, 0.3) is 0 Å². The lowest BCUT2D eigenvalue weighted by atomic mass is 10.2. The first kappa shape index (κ1) is 15.5. The predicted molar refractivity (Wildman–Crippen MR) is 81.2 cm³/mol. The molecular weight excluding hydrogens is 291 g/mol. The van der Waals surface area contributed by atoms with Crippen LogP contribution >= 0.6 is 0 Å². The topological polar surface area (TPSA) is 49.4 Å². The minimum Gasteiger partial charge on any atom is -0.316 e. The number of sulfonamides is 1. The lowest BCUT2D eigenvalue weighted by Gasteiger charge is -2.19. The number of rotatable bonds is 5. The first-order valence-corrected chi connectivity index (χ1v) is 7.87. The molecule has 1 N–H and O–H groups in total. The summed E-state index contributed by atoms with van der Waals surface area (Å²) in [5, 5.41) is 3.00. The average Bonchev–Trinajstić information content (AvgIpc) is 2.48. The summed E-state index contributed by atoms with van der Waals surface area (Å²) in [5.74, 6) is -0.402. The fourth-order valence-electron chi connectivity index (χ4n) is 1.93. The van der Waals surface area contributed by atoms with Crippen molar-refractivity contribution in [3.63, 3.8) is 0 Å². The van der Waals surface area contributed by atoms with Gasteiger partial charge in [0.05, 0.1) is 10.6 Å². The van der Waals surface area contributed by atoms with Crippen molar-refractivity contribution in [3.05, 3.63) is 59.9 Å². The number of nitrogens with one attached hydrogen (secondary N) is 1. The van der Waals surface area contributed by atoms with Crippen molar-refractivity contribution in [1.82, 2.24) is 5.32 Å². The van der Waals surface area contributed by atoms with Gasteiger partial charge in [-0.2, -0.15) is 0 Å². The van der Waals surface area contributed by atoms with Gasteiger partial charge in [0.15, 0.2) is 0 Å². The third kappa shape index (κ3) is 3.40. The van der Waals surface area contributed by atoms with Crippen LogP contribution in [0.15, 0.2) is 53.4 Å². The first-order chi connectivity index (χ1) is 9.95. The summed E-state index contributed by atoms with van der Waals surface area (Å²) in [7, 11) is -0.371. The second-order valence-corrected chi connectivity index (χ2v) is 6.59. The number of hydrogen-bond acceptors (Lipinski definition) is 3. The summed E-state index contributed by atoms with van der Waals surface area (Å²) >= 11 is 0. The van der Waals surface area contributed by atoms with Crippen LogP contribution in [0.5, 0.6) is 0 Å². The highest BCUT2D eigenvalue weighted by Gasteiger charge is 2.21. The van der Waals surface area contributed by atoms with Gasteiger partial charge in [0.1, 0.15) is 5.82 Å². The van der Waals surface area contributed by atoms with Crippen LogP contribution in [0.2, 0.25) is 0 Å². The lowest BCUT2D eigenvalue weighted by molar-refractivity contribution is 0.594. The van der Waals surface area contributed by atoms with Gasteiger partial charge in [-0.1, -0.05) is 12.1 Å². The second kappa shape index (κ2) is 6.24. The molecule has 112 valence electrons. The van der Waals surface area contributed by atoms with E-state index in [0.717, 1.165) is 9.87 Å². The SMILES string of the molecule is CNCc1ccc(S(=O)(=O)N(C)c2ccc(F)cc2)cc1. The highest BCUT2D eigenvalue weighted by molar-refractivity contribution is 7.92. The molecule has 0 saturated carbocycles. The fourth-order valence-corrected chi connectivity index (χ4v) is 3.13. The molecule has 0 aromatic heterocycles. The van der Waals surface area contributed by atoms with E-state index < -0.39 is 15.8 Å². The van der Waals surface area contributed by atoms with E-state index in [2.05, 4.69) is 5.32 Å². The van der Waals surface area contributed by atoms with Crippen LogP contribution in [0, 0.1) is 5.82 Å². The number of halogens is 1. The molecule has 0 unspecified atom stereocenters. The first-order valence-electron chi connectivity index (χ1n) is 6.43. The van der Waals surface area contributed by atoms with Crippen molar-refractivity contribution in [3.8, 4) is 0 Å². The van der Waals surface area contributed by atoms with Gasteiger partial charge in [-0.15, -0.1) is 0 Å². The molecule has 0 fully saturated rings. The molecule has 0 aliphatic carbocycles. The normalized spacial score (nSPS) is 11.4. The quantitative estimate of drug-likeness (QED) is 0.922. The number of hydrogen-bond donors (Lipinski definition) is 1. The van der Waals surface area contributed by atoms with Crippen molar-refractivity contribution in [2.45, 2.75) is 11.4 Å². The van der Waals surface area contributed by atoms with Crippen LogP contribution in [0.3, 0.4) is 0 Å². The molecule has 0 aliphatic heterocycles. The Hall–Kier alpha value is -1.92. The third-order valence-electron chi connectivity index (χ3n) is 3.15. The number of anilines is 1. The monoisotopic (exact) mass is 308 g/mol. The van der Waals surface area contributed by atoms with Gasteiger partial charge in [-0.05, 0) is 49.0 Å². The zero-order chi connectivity index (χ0) is 15.5. The van der Waals surface area contributed by atoms with Gasteiger partial charge < -0.3 is 5.32 Å². The zero-order valence-electron chi connectivity index (χ0n) is 11.9. The van der Waals surface area contributed by atoms with Crippen LogP contribution in [-0.2, 0) is 16.6 Å². The average molecular weight is 308 g/mol. The molecule has 0 radical (unpaired) electrons. The summed E-state index contributed by atoms with van der Waals surface area (Å²) < 4.78 is 39.1. The molecule has 2 aromatic carbocycles. The van der Waals surface area contributed by atoms with E-state index in [-0.39, 0.29) is 4.90 Å². The van der Waals surface area contributed by atoms with Crippen LogP contribution in [0.4, 0.5) is 10.1 Å². The molecule has 0 heterocycles. The summed E-state index contributed by atoms with van der Waals surface area (Å²) in [4.78, 5) is 0.203. The van der Waals surface area contributed by atoms with Crippen molar-refractivity contribution >= 4 is 15.7 Å². The Balaban J connectivity index is 2.30. The van der Waals surface area contributed by atoms with E-state index in [1.165, 1.54) is 31.3 Å². The maximum absolute atomic E-state index is 12.9. The van der Waals surface area contributed by atoms with E-state index in [0.29, 0.717) is 12.2 Å². The Morgan fingerprint density at radius 3 is 2.14 bits per heavy atom. The fraction of sp³-hybridized carbons (Fsp3) is 0.200. The summed E-state index contributed by atoms with van der Waals surface area (Å²) in [5.41, 5.74) is 1.41. The molecule has 21 heavy (non-hydrogen) atoms. The molecule has 6 heteroatoms. The van der Waals surface area contributed by atoms with Gasteiger partial charge in [0.2, 0.25) is 0 Å². The van der Waals surface area contributed by atoms with Crippen LogP contribution in [0.1, 0.15) is 5.56 Å². The minimum absolute atomic E-state index is 0.203. The highest BCUT2D eigenvalue weighted by Crippen LogP contribution is 2.22. The molecule has 0 atom stereocenters. The van der Waals surface area contributed by atoms with E-state index in [9.17, 15) is 12.8 Å². The molecule has 0 spiro atoms. The smallest absolute Gasteiger partial charge is 0.264 e. The molecule has 2 aromatic rings. The lowest BCUT2D eigenvalue weighted by Crippen LogP contribution is -2.26. The van der Waals surface area contributed by atoms with E-state index in [1.54, 1.807) is 24.3 Å². The van der Waals surface area contributed by atoms with Gasteiger partial charge >= 0.3 is 0 Å². The Morgan fingerprint density at radius 1 is 1.05 bits per heavy atom. The van der Waals surface area contributed by atoms with Gasteiger partial charge in [0.25, 0.3) is 10.0 Å². The molecule has 0 aliphatic rings. The molecule has 0 amide bonds. The third-order valence-corrected chi connectivity index (χ3v) is 4.95. The molecular formula is C15H17FN2O2S. The van der Waals surface area contributed by atoms with Crippen molar-refractivity contribution < 1.29 is 12.8 Å². The number of nitrogens with zero attached hydrogens (tertiary/aromatic N) is 1. The van der Waals surface area contributed by atoms with Gasteiger partial charge in [-0.3, -0.25) is 4.31 Å². The van der Waals surface area contributed by atoms with E-state index in [1.807, 2.05) is 7.05 Å². The standard InChI is InChI=1S/C15H17FN2O2S/c1-17-11-12-3-9-15(10-4-12)21(19,20)18(2)14-7-5-13(16)6-8-14/h3-10,17H,11H2,1-2H3.